The number of carbonyl (C=O) groups is 1. The zero-order valence-electron chi connectivity index (χ0n) is 16.2. The van der Waals surface area contributed by atoms with Gasteiger partial charge in [0.15, 0.2) is 0 Å². The molecular weight excluding hydrogens is 392 g/mol. The summed E-state index contributed by atoms with van der Waals surface area (Å²) in [7, 11) is 0. The monoisotopic (exact) mass is 412 g/mol. The number of benzene rings is 1. The number of rotatable bonds is 3. The lowest BCUT2D eigenvalue weighted by Gasteiger charge is -2.12. The van der Waals surface area contributed by atoms with Crippen LogP contribution in [0.3, 0.4) is 0 Å². The summed E-state index contributed by atoms with van der Waals surface area (Å²) in [6.07, 6.45) is 20.4. The smallest absolute Gasteiger partial charge is 0.261 e. The molecule has 1 aliphatic rings. The van der Waals surface area contributed by atoms with Crippen molar-refractivity contribution in [2.45, 2.75) is 6.42 Å². The number of allylic oxidation sites excluding steroid dienone is 10. The number of fused-ring (bicyclic) bond motifs is 1. The van der Waals surface area contributed by atoms with Gasteiger partial charge in [-0.15, -0.1) is 11.3 Å². The minimum absolute atomic E-state index is 0.0978. The SMILES string of the molecule is O=C(Nc1ccccc1C1=C/C=C\C\C=C/C=C\C=C\1)c1c[nH]c2ccsc2c1=O. The summed E-state index contributed by atoms with van der Waals surface area (Å²) in [5.74, 6) is -0.431. The van der Waals surface area contributed by atoms with Crippen LogP contribution < -0.4 is 10.7 Å². The summed E-state index contributed by atoms with van der Waals surface area (Å²) in [5.41, 5.74) is 3.06. The number of hydrogen-bond acceptors (Lipinski definition) is 3. The Morgan fingerprint density at radius 2 is 1.83 bits per heavy atom. The van der Waals surface area contributed by atoms with E-state index in [2.05, 4.69) is 22.5 Å². The summed E-state index contributed by atoms with van der Waals surface area (Å²) in [6, 6.07) is 9.41. The molecule has 2 heterocycles. The van der Waals surface area contributed by atoms with Crippen molar-refractivity contribution in [3.8, 4) is 0 Å². The Morgan fingerprint density at radius 3 is 2.77 bits per heavy atom. The van der Waals surface area contributed by atoms with Crippen molar-refractivity contribution in [1.29, 1.82) is 0 Å². The molecule has 148 valence electrons. The fourth-order valence-electron chi connectivity index (χ4n) is 3.15. The standard InChI is InChI=1S/C25H20N2O2S/c28-23-20(17-26-22-15-16-30-24(22)23)25(29)27-21-14-10-9-13-19(21)18-11-7-5-3-1-2-4-6-8-12-18/h1-3,5-17H,4H2,(H,26,28)(H,27,29)/b2-1-,5-3-,8-6-,11-7+,18-12+. The third kappa shape index (κ3) is 4.31. The number of nitrogens with one attached hydrogen (secondary N) is 2. The second kappa shape index (κ2) is 9.20. The van der Waals surface area contributed by atoms with Crippen molar-refractivity contribution in [2.75, 3.05) is 5.32 Å². The highest BCUT2D eigenvalue weighted by atomic mass is 32.1. The molecule has 0 saturated heterocycles. The van der Waals surface area contributed by atoms with E-state index in [-0.39, 0.29) is 11.0 Å². The molecule has 5 heteroatoms. The molecule has 4 rings (SSSR count). The predicted octanol–water partition coefficient (Wildman–Crippen LogP) is 5.85. The van der Waals surface area contributed by atoms with Gasteiger partial charge in [0.25, 0.3) is 5.91 Å². The summed E-state index contributed by atoms with van der Waals surface area (Å²) in [4.78, 5) is 28.6. The van der Waals surface area contributed by atoms with Gasteiger partial charge in [-0.3, -0.25) is 9.59 Å². The van der Waals surface area contributed by atoms with Gasteiger partial charge < -0.3 is 10.3 Å². The van der Waals surface area contributed by atoms with Gasteiger partial charge in [-0.2, -0.15) is 0 Å². The van der Waals surface area contributed by atoms with E-state index in [0.29, 0.717) is 10.4 Å². The van der Waals surface area contributed by atoms with Crippen molar-refractivity contribution >= 4 is 38.7 Å². The molecule has 0 atom stereocenters. The number of para-hydroxylation sites is 1. The lowest BCUT2D eigenvalue weighted by atomic mass is 10.0. The molecule has 30 heavy (non-hydrogen) atoms. The van der Waals surface area contributed by atoms with Crippen LogP contribution in [0.2, 0.25) is 0 Å². The average Bonchev–Trinajstić information content (AvgIpc) is 3.21. The highest BCUT2D eigenvalue weighted by Crippen LogP contribution is 2.26. The summed E-state index contributed by atoms with van der Waals surface area (Å²) < 4.78 is 0.551. The van der Waals surface area contributed by atoms with Crippen molar-refractivity contribution < 1.29 is 4.79 Å². The lowest BCUT2D eigenvalue weighted by molar-refractivity contribution is 0.102. The van der Waals surface area contributed by atoms with Crippen molar-refractivity contribution in [2.24, 2.45) is 0 Å². The van der Waals surface area contributed by atoms with Crippen molar-refractivity contribution in [3.05, 3.63) is 118 Å². The van der Waals surface area contributed by atoms with E-state index < -0.39 is 5.91 Å². The summed E-state index contributed by atoms with van der Waals surface area (Å²) in [6.45, 7) is 0. The zero-order valence-corrected chi connectivity index (χ0v) is 17.0. The van der Waals surface area contributed by atoms with E-state index in [1.54, 1.807) is 0 Å². The summed E-state index contributed by atoms with van der Waals surface area (Å²) in [5, 5.41) is 4.75. The van der Waals surface area contributed by atoms with Gasteiger partial charge in [0.1, 0.15) is 5.56 Å². The molecular formula is C25H20N2O2S. The topological polar surface area (TPSA) is 62.0 Å². The minimum atomic E-state index is -0.431. The van der Waals surface area contributed by atoms with Crippen LogP contribution in [0, 0.1) is 0 Å². The fourth-order valence-corrected chi connectivity index (χ4v) is 3.96. The first-order valence-electron chi connectivity index (χ1n) is 9.60. The van der Waals surface area contributed by atoms with Crippen LogP contribution in [0.5, 0.6) is 0 Å². The molecule has 3 aromatic rings. The molecule has 2 aromatic heterocycles. The molecule has 1 amide bonds. The van der Waals surface area contributed by atoms with Gasteiger partial charge in [-0.1, -0.05) is 72.9 Å². The van der Waals surface area contributed by atoms with Crippen molar-refractivity contribution in [1.82, 2.24) is 4.98 Å². The first-order chi connectivity index (χ1) is 14.7. The summed E-state index contributed by atoms with van der Waals surface area (Å²) >= 11 is 1.33. The van der Waals surface area contributed by atoms with E-state index in [0.717, 1.165) is 23.1 Å². The molecule has 1 aromatic carbocycles. The molecule has 0 radical (unpaired) electrons. The predicted molar refractivity (Wildman–Crippen MR) is 126 cm³/mol. The highest BCUT2D eigenvalue weighted by Gasteiger charge is 2.15. The molecule has 4 nitrogen and oxygen atoms in total. The van der Waals surface area contributed by atoms with Crippen LogP contribution >= 0.6 is 11.3 Å². The van der Waals surface area contributed by atoms with Gasteiger partial charge >= 0.3 is 0 Å². The van der Waals surface area contributed by atoms with Gasteiger partial charge in [-0.25, -0.2) is 0 Å². The van der Waals surface area contributed by atoms with E-state index in [1.807, 2.05) is 78.2 Å². The molecule has 0 saturated carbocycles. The van der Waals surface area contributed by atoms with Crippen molar-refractivity contribution in [3.63, 3.8) is 0 Å². The maximum absolute atomic E-state index is 12.9. The van der Waals surface area contributed by atoms with Gasteiger partial charge in [0.2, 0.25) is 5.43 Å². The minimum Gasteiger partial charge on any atom is -0.359 e. The second-order valence-electron chi connectivity index (χ2n) is 6.65. The third-order valence-corrected chi connectivity index (χ3v) is 5.56. The number of thiophene rings is 1. The largest absolute Gasteiger partial charge is 0.359 e. The molecule has 2 N–H and O–H groups in total. The van der Waals surface area contributed by atoms with E-state index in [1.165, 1.54) is 17.5 Å². The number of carbonyl (C=O) groups excluding carboxylic acids is 1. The Morgan fingerprint density at radius 1 is 1.00 bits per heavy atom. The van der Waals surface area contributed by atoms with E-state index in [9.17, 15) is 9.59 Å². The number of aromatic nitrogens is 1. The number of anilines is 1. The number of hydrogen-bond donors (Lipinski definition) is 2. The molecule has 0 unspecified atom stereocenters. The van der Waals surface area contributed by atoms with Crippen LogP contribution in [0.1, 0.15) is 22.3 Å². The normalized spacial score (nSPS) is 19.8. The Labute approximate surface area is 178 Å². The number of aromatic amines is 1. The average molecular weight is 413 g/mol. The quantitative estimate of drug-likeness (QED) is 0.566. The van der Waals surface area contributed by atoms with Crippen LogP contribution in [0.4, 0.5) is 5.69 Å². The number of amides is 1. The third-order valence-electron chi connectivity index (χ3n) is 4.65. The molecule has 0 aliphatic heterocycles. The fraction of sp³-hybridized carbons (Fsp3) is 0.0400. The lowest BCUT2D eigenvalue weighted by Crippen LogP contribution is -2.21. The molecule has 1 aliphatic carbocycles. The zero-order chi connectivity index (χ0) is 20.8. The Balaban J connectivity index is 1.68. The van der Waals surface area contributed by atoms with E-state index in [4.69, 9.17) is 0 Å². The Hall–Kier alpha value is -3.70. The first kappa shape index (κ1) is 19.6. The van der Waals surface area contributed by atoms with Gasteiger partial charge in [0, 0.05) is 17.4 Å². The maximum Gasteiger partial charge on any atom is 0.261 e. The first-order valence-corrected chi connectivity index (χ1v) is 10.5. The Kier molecular flexibility index (Phi) is 6.01. The molecule has 0 bridgehead atoms. The van der Waals surface area contributed by atoms with Gasteiger partial charge in [0.05, 0.1) is 10.2 Å². The molecule has 0 fully saturated rings. The highest BCUT2D eigenvalue weighted by molar-refractivity contribution is 7.17. The van der Waals surface area contributed by atoms with Crippen LogP contribution in [-0.2, 0) is 0 Å². The van der Waals surface area contributed by atoms with E-state index >= 15 is 0 Å². The van der Waals surface area contributed by atoms with Crippen LogP contribution in [-0.4, -0.2) is 10.9 Å². The van der Waals surface area contributed by atoms with Crippen LogP contribution in [0.15, 0.2) is 101 Å². The van der Waals surface area contributed by atoms with Crippen LogP contribution in [0.25, 0.3) is 15.8 Å². The second-order valence-corrected chi connectivity index (χ2v) is 7.57. The van der Waals surface area contributed by atoms with Gasteiger partial charge in [-0.05, 0) is 29.5 Å². The number of pyridine rings is 1. The maximum atomic E-state index is 12.9. The Bertz CT molecular complexity index is 1290. The number of H-pyrrole nitrogens is 1. The molecule has 0 spiro atoms.